The maximum absolute atomic E-state index is 15.6. The highest BCUT2D eigenvalue weighted by atomic mass is 19.1. The molecule has 4 aliphatic rings. The molecule has 10 heteroatoms. The zero-order valence-electron chi connectivity index (χ0n) is 25.4. The average Bonchev–Trinajstić information content (AvgIpc) is 3.42. The van der Waals surface area contributed by atoms with Crippen LogP contribution in [0.25, 0.3) is 0 Å². The number of carbonyl (C=O) groups is 2. The molecular weight excluding hydrogens is 578 g/mol. The molecule has 234 valence electrons. The number of Topliss-reactive ketones (excluding diaryl/α,β-unsaturated/α-hetero) is 1. The van der Waals surface area contributed by atoms with E-state index in [2.05, 4.69) is 10.2 Å². The fraction of sp³-hybridized carbons (Fsp3) is 0.371. The van der Waals surface area contributed by atoms with Gasteiger partial charge in [-0.2, -0.15) is 0 Å². The SMILES string of the molecule is CC1(C)CC(=O)C2=C(C1)Nc1ccccc1N(CC(=O)N1CCN(Cc3ccc4c(c3)OCO4)CC1)C2c1ccc(F)cc1F. The standard InChI is InChI=1S/C35H36F2N4O4/c1-35(2)17-27-33(29(42)18-35)34(24-9-8-23(36)16-25(24)37)41(28-6-4-3-5-26(28)38-27)20-32(43)40-13-11-39(12-14-40)19-22-7-10-30-31(15-22)45-21-44-30/h3-10,15-16,34,38H,11-14,17-21H2,1-2H3. The van der Waals surface area contributed by atoms with Gasteiger partial charge in [0, 0.05) is 62.0 Å². The summed E-state index contributed by atoms with van der Waals surface area (Å²) in [5.41, 5.74) is 3.54. The number of anilines is 2. The first-order valence-corrected chi connectivity index (χ1v) is 15.4. The summed E-state index contributed by atoms with van der Waals surface area (Å²) in [6.45, 7) is 7.41. The van der Waals surface area contributed by atoms with E-state index in [0.717, 1.165) is 35.4 Å². The molecule has 0 aromatic heterocycles. The molecular formula is C35H36F2N4O4. The summed E-state index contributed by atoms with van der Waals surface area (Å²) >= 11 is 0. The minimum Gasteiger partial charge on any atom is -0.454 e. The summed E-state index contributed by atoms with van der Waals surface area (Å²) in [5.74, 6) is -0.176. The van der Waals surface area contributed by atoms with Crippen LogP contribution in [0.5, 0.6) is 11.5 Å². The molecule has 45 heavy (non-hydrogen) atoms. The summed E-state index contributed by atoms with van der Waals surface area (Å²) in [5, 5.41) is 3.48. The van der Waals surface area contributed by atoms with Crippen molar-refractivity contribution >= 4 is 23.1 Å². The number of para-hydroxylation sites is 2. The fourth-order valence-electron chi connectivity index (χ4n) is 6.97. The molecule has 1 N–H and O–H groups in total. The number of nitrogens with zero attached hydrogens (tertiary/aromatic N) is 3. The van der Waals surface area contributed by atoms with Crippen molar-refractivity contribution in [2.24, 2.45) is 5.41 Å². The number of ether oxygens (including phenoxy) is 2. The Hall–Kier alpha value is -4.44. The number of benzene rings is 3. The van der Waals surface area contributed by atoms with Crippen LogP contribution in [0.3, 0.4) is 0 Å². The summed E-state index contributed by atoms with van der Waals surface area (Å²) in [7, 11) is 0. The molecule has 3 aliphatic heterocycles. The van der Waals surface area contributed by atoms with E-state index in [1.54, 1.807) is 0 Å². The molecule has 3 aromatic rings. The first kappa shape index (κ1) is 29.3. The lowest BCUT2D eigenvalue weighted by Gasteiger charge is -2.40. The number of piperazine rings is 1. The summed E-state index contributed by atoms with van der Waals surface area (Å²) in [6, 6.07) is 16.0. The van der Waals surface area contributed by atoms with E-state index < -0.39 is 17.7 Å². The summed E-state index contributed by atoms with van der Waals surface area (Å²) < 4.78 is 40.6. The van der Waals surface area contributed by atoms with E-state index >= 15 is 4.39 Å². The molecule has 1 amide bonds. The van der Waals surface area contributed by atoms with Gasteiger partial charge >= 0.3 is 0 Å². The fourth-order valence-corrected chi connectivity index (χ4v) is 6.97. The third-order valence-electron chi connectivity index (χ3n) is 9.13. The van der Waals surface area contributed by atoms with Crippen LogP contribution in [0, 0.1) is 17.0 Å². The van der Waals surface area contributed by atoms with Gasteiger partial charge in [0.15, 0.2) is 17.3 Å². The first-order valence-electron chi connectivity index (χ1n) is 15.4. The highest BCUT2D eigenvalue weighted by molar-refractivity contribution is 6.02. The lowest BCUT2D eigenvalue weighted by molar-refractivity contribution is -0.131. The Balaban J connectivity index is 1.17. The maximum Gasteiger partial charge on any atom is 0.242 e. The molecule has 1 aliphatic carbocycles. The highest BCUT2D eigenvalue weighted by Crippen LogP contribution is 2.48. The van der Waals surface area contributed by atoms with E-state index in [-0.39, 0.29) is 42.4 Å². The van der Waals surface area contributed by atoms with Gasteiger partial charge in [-0.05, 0) is 47.7 Å². The van der Waals surface area contributed by atoms with Crippen molar-refractivity contribution in [1.29, 1.82) is 0 Å². The van der Waals surface area contributed by atoms with Crippen molar-refractivity contribution in [2.75, 3.05) is 49.7 Å². The van der Waals surface area contributed by atoms with Crippen molar-refractivity contribution in [3.05, 3.63) is 94.7 Å². The summed E-state index contributed by atoms with van der Waals surface area (Å²) in [6.07, 6.45) is 0.866. The van der Waals surface area contributed by atoms with E-state index in [1.165, 1.54) is 12.1 Å². The van der Waals surface area contributed by atoms with Gasteiger partial charge in [0.1, 0.15) is 11.6 Å². The Morgan fingerprint density at radius 1 is 0.956 bits per heavy atom. The lowest BCUT2D eigenvalue weighted by atomic mass is 9.73. The molecule has 1 saturated heterocycles. The molecule has 3 aromatic carbocycles. The largest absolute Gasteiger partial charge is 0.454 e. The second kappa shape index (κ2) is 11.5. The van der Waals surface area contributed by atoms with Gasteiger partial charge in [0.2, 0.25) is 12.7 Å². The zero-order valence-corrected chi connectivity index (χ0v) is 25.4. The van der Waals surface area contributed by atoms with E-state index in [4.69, 9.17) is 9.47 Å². The van der Waals surface area contributed by atoms with Gasteiger partial charge in [0.05, 0.1) is 24.0 Å². The number of amides is 1. The summed E-state index contributed by atoms with van der Waals surface area (Å²) in [4.78, 5) is 33.8. The second-order valence-corrected chi connectivity index (χ2v) is 13.0. The number of hydrogen-bond acceptors (Lipinski definition) is 7. The number of ketones is 1. The number of halogens is 2. The van der Waals surface area contributed by atoms with Crippen molar-refractivity contribution < 1.29 is 27.8 Å². The molecule has 1 unspecified atom stereocenters. The van der Waals surface area contributed by atoms with E-state index in [0.29, 0.717) is 49.6 Å². The molecule has 0 saturated carbocycles. The van der Waals surface area contributed by atoms with Crippen molar-refractivity contribution in [3.8, 4) is 11.5 Å². The third-order valence-corrected chi connectivity index (χ3v) is 9.13. The quantitative estimate of drug-likeness (QED) is 0.398. The maximum atomic E-state index is 15.6. The van der Waals surface area contributed by atoms with Crippen LogP contribution in [0.1, 0.15) is 43.9 Å². The molecule has 0 bridgehead atoms. The topological polar surface area (TPSA) is 74.4 Å². The molecule has 1 atom stereocenters. The van der Waals surface area contributed by atoms with E-state index in [1.807, 2.05) is 66.1 Å². The number of nitrogens with one attached hydrogen (secondary N) is 1. The normalized spacial score (nSPS) is 20.8. The Morgan fingerprint density at radius 2 is 1.73 bits per heavy atom. The monoisotopic (exact) mass is 614 g/mol. The number of rotatable bonds is 5. The van der Waals surface area contributed by atoms with Crippen LogP contribution in [0.15, 0.2) is 71.9 Å². The minimum atomic E-state index is -0.906. The van der Waals surface area contributed by atoms with Crippen LogP contribution in [-0.4, -0.2) is 61.0 Å². The zero-order chi connectivity index (χ0) is 31.3. The molecule has 7 rings (SSSR count). The number of allylic oxidation sites excluding steroid dienone is 1. The van der Waals surface area contributed by atoms with Gasteiger partial charge in [-0.1, -0.05) is 38.1 Å². The molecule has 1 fully saturated rings. The van der Waals surface area contributed by atoms with Crippen molar-refractivity contribution in [3.63, 3.8) is 0 Å². The molecule has 0 spiro atoms. The third kappa shape index (κ3) is 5.75. The Morgan fingerprint density at radius 3 is 2.53 bits per heavy atom. The minimum absolute atomic E-state index is 0.0736. The smallest absolute Gasteiger partial charge is 0.242 e. The van der Waals surface area contributed by atoms with Crippen LogP contribution in [-0.2, 0) is 16.1 Å². The van der Waals surface area contributed by atoms with Gasteiger partial charge < -0.3 is 24.6 Å². The Kier molecular flexibility index (Phi) is 7.47. The first-order chi connectivity index (χ1) is 21.6. The van der Waals surface area contributed by atoms with Crippen LogP contribution in [0.2, 0.25) is 0 Å². The molecule has 3 heterocycles. The van der Waals surface area contributed by atoms with Gasteiger partial charge in [0.25, 0.3) is 0 Å². The predicted molar refractivity (Wildman–Crippen MR) is 166 cm³/mol. The lowest BCUT2D eigenvalue weighted by Crippen LogP contribution is -2.51. The average molecular weight is 615 g/mol. The van der Waals surface area contributed by atoms with Gasteiger partial charge in [-0.25, -0.2) is 8.78 Å². The van der Waals surface area contributed by atoms with E-state index in [9.17, 15) is 14.0 Å². The predicted octanol–water partition coefficient (Wildman–Crippen LogP) is 5.65. The Labute approximate surface area is 261 Å². The van der Waals surface area contributed by atoms with Gasteiger partial charge in [-0.15, -0.1) is 0 Å². The van der Waals surface area contributed by atoms with Crippen molar-refractivity contribution in [2.45, 2.75) is 39.3 Å². The van der Waals surface area contributed by atoms with Gasteiger partial charge in [-0.3, -0.25) is 14.5 Å². The Bertz CT molecular complexity index is 1700. The number of hydrogen-bond donors (Lipinski definition) is 1. The second-order valence-electron chi connectivity index (χ2n) is 13.0. The molecule has 8 nitrogen and oxygen atoms in total. The van der Waals surface area contributed by atoms with Crippen LogP contribution >= 0.6 is 0 Å². The van der Waals surface area contributed by atoms with Crippen LogP contribution in [0.4, 0.5) is 20.2 Å². The number of fused-ring (bicyclic) bond motifs is 2. The van der Waals surface area contributed by atoms with Crippen LogP contribution < -0.4 is 19.7 Å². The van der Waals surface area contributed by atoms with Crippen molar-refractivity contribution in [1.82, 2.24) is 9.80 Å². The molecule has 0 radical (unpaired) electrons. The highest BCUT2D eigenvalue weighted by Gasteiger charge is 2.43. The number of carbonyl (C=O) groups excluding carboxylic acids is 2.